The molecule has 6 N–H and O–H groups in total. The molecule has 0 saturated carbocycles. The van der Waals surface area contributed by atoms with Gasteiger partial charge in [-0.05, 0) is 12.1 Å². The summed E-state index contributed by atoms with van der Waals surface area (Å²) < 4.78 is 7.24. The first kappa shape index (κ1) is 18.1. The molecule has 0 aliphatic carbocycles. The van der Waals surface area contributed by atoms with Gasteiger partial charge >= 0.3 is 5.97 Å². The average molecular weight is 387 g/mol. The number of nitrogens with zero attached hydrogens (tertiary/aromatic N) is 3. The Morgan fingerprint density at radius 3 is 2.64 bits per heavy atom. The van der Waals surface area contributed by atoms with E-state index < -0.39 is 30.0 Å². The van der Waals surface area contributed by atoms with Gasteiger partial charge in [0.05, 0.1) is 18.3 Å². The van der Waals surface area contributed by atoms with Crippen LogP contribution in [0.5, 0.6) is 0 Å². The number of hydrogen-bond acceptors (Lipinski definition) is 8. The monoisotopic (exact) mass is 387 g/mol. The van der Waals surface area contributed by atoms with Gasteiger partial charge in [-0.1, -0.05) is 12.1 Å². The van der Waals surface area contributed by atoms with E-state index in [9.17, 15) is 19.8 Å². The van der Waals surface area contributed by atoms with E-state index in [0.717, 1.165) is 0 Å². The van der Waals surface area contributed by atoms with Crippen LogP contribution in [0.3, 0.4) is 0 Å². The summed E-state index contributed by atoms with van der Waals surface area (Å²) in [7, 11) is 0. The van der Waals surface area contributed by atoms with Gasteiger partial charge in [0.2, 0.25) is 5.95 Å². The first-order chi connectivity index (χ1) is 13.4. The topological polar surface area (TPSA) is 177 Å². The normalized spacial score (nSPS) is 22.0. The number of aromatic nitrogens is 4. The Morgan fingerprint density at radius 2 is 2.04 bits per heavy atom. The van der Waals surface area contributed by atoms with Crippen molar-refractivity contribution >= 4 is 23.1 Å². The van der Waals surface area contributed by atoms with Gasteiger partial charge in [-0.2, -0.15) is 4.98 Å². The molecule has 1 saturated heterocycles. The highest BCUT2D eigenvalue weighted by atomic mass is 16.5. The lowest BCUT2D eigenvalue weighted by Gasteiger charge is -2.17. The van der Waals surface area contributed by atoms with Crippen LogP contribution in [0.1, 0.15) is 23.0 Å². The van der Waals surface area contributed by atoms with E-state index in [1.807, 2.05) is 0 Å². The van der Waals surface area contributed by atoms with Gasteiger partial charge in [-0.25, -0.2) is 9.78 Å². The number of carbonyl (C=O) groups is 1. The smallest absolute Gasteiger partial charge is 0.335 e. The van der Waals surface area contributed by atoms with Crippen LogP contribution in [0.4, 0.5) is 5.95 Å². The van der Waals surface area contributed by atoms with Gasteiger partial charge in [-0.15, -0.1) is 0 Å². The Labute approximate surface area is 157 Å². The fourth-order valence-electron chi connectivity index (χ4n) is 3.28. The third kappa shape index (κ3) is 2.91. The van der Waals surface area contributed by atoms with E-state index in [2.05, 4.69) is 15.0 Å². The molecule has 1 aliphatic rings. The van der Waals surface area contributed by atoms with E-state index in [1.54, 1.807) is 12.1 Å². The number of hydrogen-bond donors (Lipinski definition) is 5. The zero-order chi connectivity index (χ0) is 20.0. The molecule has 0 radical (unpaired) electrons. The highest BCUT2D eigenvalue weighted by Gasteiger charge is 2.37. The van der Waals surface area contributed by atoms with Crippen molar-refractivity contribution in [2.24, 2.45) is 0 Å². The van der Waals surface area contributed by atoms with Crippen molar-refractivity contribution in [2.75, 3.05) is 12.3 Å². The molecule has 28 heavy (non-hydrogen) atoms. The number of imidazole rings is 1. The number of rotatable bonds is 4. The molecule has 146 valence electrons. The molecule has 3 aromatic rings. The minimum atomic E-state index is -1.07. The quantitative estimate of drug-likeness (QED) is 0.402. The van der Waals surface area contributed by atoms with Crippen LogP contribution in [0.25, 0.3) is 22.6 Å². The van der Waals surface area contributed by atoms with Crippen LogP contribution in [0.15, 0.2) is 29.1 Å². The number of aliphatic hydroxyl groups excluding tert-OH is 2. The highest BCUT2D eigenvalue weighted by molar-refractivity contribution is 5.88. The van der Waals surface area contributed by atoms with Crippen molar-refractivity contribution in [1.29, 1.82) is 0 Å². The lowest BCUT2D eigenvalue weighted by Crippen LogP contribution is -2.24. The van der Waals surface area contributed by atoms with Crippen LogP contribution in [0.2, 0.25) is 0 Å². The summed E-state index contributed by atoms with van der Waals surface area (Å²) in [6.45, 7) is -0.372. The molecule has 0 spiro atoms. The number of nitrogens with two attached hydrogens (primary N) is 1. The number of nitrogens with one attached hydrogen (secondary N) is 1. The average Bonchev–Trinajstić information content (AvgIpc) is 3.22. The largest absolute Gasteiger partial charge is 0.478 e. The van der Waals surface area contributed by atoms with Crippen molar-refractivity contribution in [3.05, 3.63) is 40.2 Å². The van der Waals surface area contributed by atoms with Crippen molar-refractivity contribution in [1.82, 2.24) is 19.5 Å². The third-order valence-corrected chi connectivity index (χ3v) is 4.63. The van der Waals surface area contributed by atoms with Gasteiger partial charge < -0.3 is 25.8 Å². The number of carboxylic acid groups (broad SMARTS) is 1. The summed E-state index contributed by atoms with van der Waals surface area (Å²) in [6.07, 6.45) is -2.30. The molecule has 0 bridgehead atoms. The maximum absolute atomic E-state index is 12.3. The number of ether oxygens (including phenoxy) is 1. The number of aliphatic hydroxyl groups is 2. The van der Waals surface area contributed by atoms with Gasteiger partial charge in [0, 0.05) is 12.0 Å². The SMILES string of the molecule is Nc1nc2c(nc(-c3ccc(C(=O)O)cc3)n2[C@H]2C[C@H](O)[C@@H](CO)O2)c(=O)[nH]1. The molecule has 11 nitrogen and oxygen atoms in total. The molecular weight excluding hydrogens is 370 g/mol. The molecule has 3 atom stereocenters. The van der Waals surface area contributed by atoms with E-state index in [1.165, 1.54) is 16.7 Å². The number of H-pyrrole nitrogens is 1. The highest BCUT2D eigenvalue weighted by Crippen LogP contribution is 2.35. The van der Waals surface area contributed by atoms with E-state index >= 15 is 0 Å². The first-order valence-electron chi connectivity index (χ1n) is 8.45. The van der Waals surface area contributed by atoms with Crippen LogP contribution in [0, 0.1) is 0 Å². The Balaban J connectivity index is 1.91. The zero-order valence-electron chi connectivity index (χ0n) is 14.4. The fraction of sp³-hybridized carbons (Fsp3) is 0.294. The van der Waals surface area contributed by atoms with Crippen LogP contribution < -0.4 is 11.3 Å². The molecule has 1 aromatic carbocycles. The van der Waals surface area contributed by atoms with Gasteiger partial charge in [0.25, 0.3) is 5.56 Å². The molecule has 4 rings (SSSR count). The Kier molecular flexibility index (Phi) is 4.34. The summed E-state index contributed by atoms with van der Waals surface area (Å²) in [5.41, 5.74) is 5.93. The second kappa shape index (κ2) is 6.71. The molecule has 0 amide bonds. The van der Waals surface area contributed by atoms with Crippen LogP contribution in [-0.4, -0.2) is 59.6 Å². The minimum absolute atomic E-state index is 0.0250. The lowest BCUT2D eigenvalue weighted by atomic mass is 10.1. The Bertz CT molecular complexity index is 1110. The molecule has 11 heteroatoms. The number of benzene rings is 1. The summed E-state index contributed by atoms with van der Waals surface area (Å²) >= 11 is 0. The third-order valence-electron chi connectivity index (χ3n) is 4.63. The maximum Gasteiger partial charge on any atom is 0.335 e. The van der Waals surface area contributed by atoms with Crippen molar-refractivity contribution < 1.29 is 24.9 Å². The predicted octanol–water partition coefficient (Wildman–Crippen LogP) is -0.292. The number of aromatic carboxylic acids is 1. The van der Waals surface area contributed by atoms with Gasteiger partial charge in [-0.3, -0.25) is 14.3 Å². The number of nitrogen functional groups attached to an aromatic ring is 1. The van der Waals surface area contributed by atoms with Crippen molar-refractivity contribution in [2.45, 2.75) is 24.9 Å². The Morgan fingerprint density at radius 1 is 1.32 bits per heavy atom. The summed E-state index contributed by atoms with van der Waals surface area (Å²) in [5, 5.41) is 28.5. The van der Waals surface area contributed by atoms with E-state index in [4.69, 9.17) is 15.6 Å². The lowest BCUT2D eigenvalue weighted by molar-refractivity contribution is -0.0426. The summed E-state index contributed by atoms with van der Waals surface area (Å²) in [6, 6.07) is 5.92. The summed E-state index contributed by atoms with van der Waals surface area (Å²) in [5.74, 6) is -0.881. The van der Waals surface area contributed by atoms with E-state index in [0.29, 0.717) is 11.4 Å². The van der Waals surface area contributed by atoms with Crippen molar-refractivity contribution in [3.63, 3.8) is 0 Å². The molecule has 1 fully saturated rings. The van der Waals surface area contributed by atoms with Gasteiger partial charge in [0.15, 0.2) is 11.2 Å². The number of anilines is 1. The molecular formula is C17H17N5O6. The van der Waals surface area contributed by atoms with Crippen molar-refractivity contribution in [3.8, 4) is 11.4 Å². The van der Waals surface area contributed by atoms with E-state index in [-0.39, 0.29) is 35.7 Å². The molecule has 1 aliphatic heterocycles. The maximum atomic E-state index is 12.3. The number of fused-ring (bicyclic) bond motifs is 1. The molecule has 3 heterocycles. The second-order valence-corrected chi connectivity index (χ2v) is 6.43. The standard InChI is InChI=1S/C17H17N5O6/c18-17-20-14-12(15(25)21-17)19-13(7-1-3-8(4-2-7)16(26)27)22(14)11-5-9(24)10(6-23)28-11/h1-4,9-11,23-24H,5-6H2,(H,26,27)(H3,18,20,21,25)/t9-,10+,11+/m0/s1. The Hall–Kier alpha value is -3.28. The van der Waals surface area contributed by atoms with Crippen LogP contribution >= 0.6 is 0 Å². The minimum Gasteiger partial charge on any atom is -0.478 e. The molecule has 2 aromatic heterocycles. The van der Waals surface area contributed by atoms with Crippen LogP contribution in [-0.2, 0) is 4.74 Å². The molecule has 0 unspecified atom stereocenters. The number of carboxylic acids is 1. The zero-order valence-corrected chi connectivity index (χ0v) is 14.4. The predicted molar refractivity (Wildman–Crippen MR) is 96.6 cm³/mol. The second-order valence-electron chi connectivity index (χ2n) is 6.43. The fourth-order valence-corrected chi connectivity index (χ4v) is 3.28. The first-order valence-corrected chi connectivity index (χ1v) is 8.45. The number of aromatic amines is 1. The van der Waals surface area contributed by atoms with Gasteiger partial charge in [0.1, 0.15) is 18.2 Å². The summed E-state index contributed by atoms with van der Waals surface area (Å²) in [4.78, 5) is 34.2.